The summed E-state index contributed by atoms with van der Waals surface area (Å²) >= 11 is 0. The van der Waals surface area contributed by atoms with Gasteiger partial charge in [0, 0.05) is 13.3 Å². The molecule has 0 bridgehead atoms. The van der Waals surface area contributed by atoms with Gasteiger partial charge < -0.3 is 32.2 Å². The van der Waals surface area contributed by atoms with Gasteiger partial charge in [-0.1, -0.05) is 0 Å². The molecule has 140 valence electrons. The van der Waals surface area contributed by atoms with Gasteiger partial charge in [0.2, 0.25) is 29.5 Å². The Morgan fingerprint density at radius 2 is 1.56 bits per heavy atom. The van der Waals surface area contributed by atoms with Gasteiger partial charge in [-0.3, -0.25) is 24.0 Å². The highest BCUT2D eigenvalue weighted by Crippen LogP contribution is 2.00. The molecule has 0 spiro atoms. The molecular weight excluding hydrogens is 334 g/mol. The van der Waals surface area contributed by atoms with E-state index in [1.54, 1.807) is 0 Å². The molecule has 0 aromatic heterocycles. The zero-order valence-electron chi connectivity index (χ0n) is 14.0. The molecule has 7 N–H and O–H groups in total. The monoisotopic (exact) mass is 357 g/mol. The molecule has 25 heavy (non-hydrogen) atoms. The Bertz CT molecular complexity index is 550. The van der Waals surface area contributed by atoms with Crippen molar-refractivity contribution in [3.63, 3.8) is 0 Å². The summed E-state index contributed by atoms with van der Waals surface area (Å²) in [5.74, 6) is -3.39. The zero-order valence-corrected chi connectivity index (χ0v) is 14.0. The number of nitrogens with one attached hydrogen (secondary N) is 3. The van der Waals surface area contributed by atoms with Crippen LogP contribution in [0.3, 0.4) is 0 Å². The smallest absolute Gasteiger partial charge is 0.243 e. The summed E-state index contributed by atoms with van der Waals surface area (Å²) in [5.41, 5.74) is 10.00. The Morgan fingerprint density at radius 3 is 2.00 bits per heavy atom. The number of carbonyl (C=O) groups is 6. The van der Waals surface area contributed by atoms with Crippen molar-refractivity contribution in [3.8, 4) is 0 Å². The first kappa shape index (κ1) is 22.0. The van der Waals surface area contributed by atoms with Crippen LogP contribution in [0.15, 0.2) is 0 Å². The van der Waals surface area contributed by atoms with Crippen LogP contribution in [-0.2, 0) is 28.8 Å². The highest BCUT2D eigenvalue weighted by atomic mass is 16.2. The first-order valence-corrected chi connectivity index (χ1v) is 7.46. The SMILES string of the molecule is CC(=O)N[C@@H](C)C(=O)N[C@@H](CCC(N)=O)C(=O)N[C@H](C=O)CC(N)=O. The molecule has 0 aliphatic carbocycles. The van der Waals surface area contributed by atoms with Gasteiger partial charge in [0.25, 0.3) is 0 Å². The lowest BCUT2D eigenvalue weighted by Crippen LogP contribution is -2.54. The first-order valence-electron chi connectivity index (χ1n) is 7.46. The van der Waals surface area contributed by atoms with Crippen molar-refractivity contribution >= 4 is 35.8 Å². The molecule has 0 aromatic rings. The van der Waals surface area contributed by atoms with E-state index in [2.05, 4.69) is 16.0 Å². The predicted molar refractivity (Wildman–Crippen MR) is 85.4 cm³/mol. The van der Waals surface area contributed by atoms with Crippen LogP contribution in [0, 0.1) is 0 Å². The summed E-state index contributed by atoms with van der Waals surface area (Å²) in [4.78, 5) is 67.8. The summed E-state index contributed by atoms with van der Waals surface area (Å²) in [5, 5.41) is 6.94. The van der Waals surface area contributed by atoms with Crippen molar-refractivity contribution < 1.29 is 28.8 Å². The summed E-state index contributed by atoms with van der Waals surface area (Å²) in [6, 6.07) is -3.27. The largest absolute Gasteiger partial charge is 0.370 e. The molecule has 5 amide bonds. The standard InChI is InChI=1S/C14H23N5O6/c1-7(17-8(2)21)13(24)19-10(3-4-11(15)22)14(25)18-9(6-20)5-12(16)23/h6-7,9-10H,3-5H2,1-2H3,(H2,15,22)(H2,16,23)(H,17,21)(H,18,25)(H,19,24)/t7-,9-,10-/m0/s1. The minimum atomic E-state index is -1.19. The minimum Gasteiger partial charge on any atom is -0.370 e. The fourth-order valence-corrected chi connectivity index (χ4v) is 1.86. The lowest BCUT2D eigenvalue weighted by Gasteiger charge is -2.22. The molecule has 3 atom stereocenters. The van der Waals surface area contributed by atoms with Gasteiger partial charge in [-0.25, -0.2) is 0 Å². The zero-order chi connectivity index (χ0) is 19.6. The fraction of sp³-hybridized carbons (Fsp3) is 0.571. The highest BCUT2D eigenvalue weighted by Gasteiger charge is 2.26. The van der Waals surface area contributed by atoms with Crippen LogP contribution in [0.5, 0.6) is 0 Å². The van der Waals surface area contributed by atoms with E-state index in [1.165, 1.54) is 13.8 Å². The average Bonchev–Trinajstić information content (AvgIpc) is 2.48. The van der Waals surface area contributed by atoms with Gasteiger partial charge in [0.05, 0.1) is 12.5 Å². The normalized spacial score (nSPS) is 13.7. The van der Waals surface area contributed by atoms with E-state index in [4.69, 9.17) is 11.5 Å². The maximum absolute atomic E-state index is 12.2. The lowest BCUT2D eigenvalue weighted by molar-refractivity contribution is -0.132. The Balaban J connectivity index is 5.00. The lowest BCUT2D eigenvalue weighted by atomic mass is 10.1. The van der Waals surface area contributed by atoms with Crippen LogP contribution in [0.1, 0.15) is 33.1 Å². The number of primary amides is 2. The van der Waals surface area contributed by atoms with Crippen molar-refractivity contribution in [2.75, 3.05) is 0 Å². The number of rotatable bonds is 11. The van der Waals surface area contributed by atoms with Crippen molar-refractivity contribution in [1.29, 1.82) is 0 Å². The number of hydrogen-bond acceptors (Lipinski definition) is 6. The summed E-state index contributed by atoms with van der Waals surface area (Å²) in [7, 11) is 0. The Hall–Kier alpha value is -2.98. The molecule has 0 aliphatic rings. The quantitative estimate of drug-likeness (QED) is 0.242. The third-order valence-corrected chi connectivity index (χ3v) is 3.04. The topological polar surface area (TPSA) is 191 Å². The molecule has 0 radical (unpaired) electrons. The molecule has 0 aliphatic heterocycles. The Morgan fingerprint density at radius 1 is 0.960 bits per heavy atom. The summed E-state index contributed by atoms with van der Waals surface area (Å²) < 4.78 is 0. The van der Waals surface area contributed by atoms with E-state index in [9.17, 15) is 28.8 Å². The van der Waals surface area contributed by atoms with Gasteiger partial charge in [-0.05, 0) is 13.3 Å². The van der Waals surface area contributed by atoms with E-state index in [1.807, 2.05) is 0 Å². The average molecular weight is 357 g/mol. The molecule has 11 nitrogen and oxygen atoms in total. The van der Waals surface area contributed by atoms with E-state index >= 15 is 0 Å². The Labute approximate surface area is 144 Å². The van der Waals surface area contributed by atoms with Crippen LogP contribution >= 0.6 is 0 Å². The molecule has 0 aromatic carbocycles. The maximum Gasteiger partial charge on any atom is 0.243 e. The molecule has 0 saturated heterocycles. The first-order chi connectivity index (χ1) is 11.6. The van der Waals surface area contributed by atoms with Crippen molar-refractivity contribution in [2.45, 2.75) is 51.2 Å². The highest BCUT2D eigenvalue weighted by molar-refractivity contribution is 5.93. The third-order valence-electron chi connectivity index (χ3n) is 3.04. The molecule has 0 heterocycles. The maximum atomic E-state index is 12.2. The fourth-order valence-electron chi connectivity index (χ4n) is 1.86. The molecule has 0 rings (SSSR count). The van der Waals surface area contributed by atoms with Gasteiger partial charge in [0.15, 0.2) is 0 Å². The molecule has 0 unspecified atom stereocenters. The number of amides is 5. The van der Waals surface area contributed by atoms with Crippen molar-refractivity contribution in [2.24, 2.45) is 11.5 Å². The second-order valence-corrected chi connectivity index (χ2v) is 5.41. The molecule has 0 saturated carbocycles. The van der Waals surface area contributed by atoms with Crippen LogP contribution in [-0.4, -0.2) is 53.9 Å². The van der Waals surface area contributed by atoms with Crippen molar-refractivity contribution in [1.82, 2.24) is 16.0 Å². The summed E-state index contributed by atoms with van der Waals surface area (Å²) in [6.45, 7) is 2.63. The van der Waals surface area contributed by atoms with Gasteiger partial charge in [-0.15, -0.1) is 0 Å². The number of aldehydes is 1. The van der Waals surface area contributed by atoms with Crippen LogP contribution in [0.2, 0.25) is 0 Å². The number of carbonyl (C=O) groups excluding carboxylic acids is 6. The molecule has 0 fully saturated rings. The minimum absolute atomic E-state index is 0.123. The third kappa shape index (κ3) is 9.69. The van der Waals surface area contributed by atoms with E-state index < -0.39 is 54.1 Å². The number of hydrogen-bond donors (Lipinski definition) is 5. The predicted octanol–water partition coefficient (Wildman–Crippen LogP) is -3.18. The second-order valence-electron chi connectivity index (χ2n) is 5.41. The van der Waals surface area contributed by atoms with Crippen LogP contribution < -0.4 is 27.4 Å². The second kappa shape index (κ2) is 10.7. The van der Waals surface area contributed by atoms with Crippen molar-refractivity contribution in [3.05, 3.63) is 0 Å². The number of nitrogens with two attached hydrogens (primary N) is 2. The van der Waals surface area contributed by atoms with E-state index in [-0.39, 0.29) is 12.8 Å². The van der Waals surface area contributed by atoms with Crippen LogP contribution in [0.4, 0.5) is 0 Å². The van der Waals surface area contributed by atoms with E-state index in [0.29, 0.717) is 6.29 Å². The van der Waals surface area contributed by atoms with E-state index in [0.717, 1.165) is 0 Å². The van der Waals surface area contributed by atoms with Gasteiger partial charge in [-0.2, -0.15) is 0 Å². The van der Waals surface area contributed by atoms with Gasteiger partial charge >= 0.3 is 0 Å². The van der Waals surface area contributed by atoms with Crippen LogP contribution in [0.25, 0.3) is 0 Å². The summed E-state index contributed by atoms with van der Waals surface area (Å²) in [6.07, 6.45) is -0.403. The molecular formula is C14H23N5O6. The Kier molecular flexibility index (Phi) is 9.45. The van der Waals surface area contributed by atoms with Gasteiger partial charge in [0.1, 0.15) is 18.4 Å². The molecule has 11 heteroatoms.